The van der Waals surface area contributed by atoms with Crippen LogP contribution in [0.15, 0.2) is 47.9 Å². The summed E-state index contributed by atoms with van der Waals surface area (Å²) in [5.41, 5.74) is 8.56. The molecule has 1 aromatic carbocycles. The second-order valence-electron chi connectivity index (χ2n) is 4.84. The van der Waals surface area contributed by atoms with Crippen molar-refractivity contribution in [3.63, 3.8) is 0 Å². The number of nitrogens with one attached hydrogen (secondary N) is 1. The maximum Gasteiger partial charge on any atom is 0.133 e. The van der Waals surface area contributed by atoms with Crippen LogP contribution in [-0.2, 0) is 4.84 Å². The van der Waals surface area contributed by atoms with Crippen LogP contribution in [0.25, 0.3) is 10.9 Å². The van der Waals surface area contributed by atoms with Gasteiger partial charge in [0.25, 0.3) is 0 Å². The number of fused-ring (bicyclic) bond motifs is 1. The van der Waals surface area contributed by atoms with Crippen LogP contribution in [0.4, 0.5) is 0 Å². The van der Waals surface area contributed by atoms with Gasteiger partial charge in [-0.2, -0.15) is 0 Å². The highest BCUT2D eigenvalue weighted by Gasteiger charge is 2.13. The first-order valence-electron chi connectivity index (χ1n) is 6.97. The molecule has 0 bridgehead atoms. The Morgan fingerprint density at radius 3 is 2.83 bits per heavy atom. The molecule has 3 rings (SSSR count). The number of H-pyrrole nitrogens is 1. The molecule has 118 valence electrons. The third kappa shape index (κ3) is 3.47. The van der Waals surface area contributed by atoms with Gasteiger partial charge in [-0.25, -0.2) is 0 Å². The topological polar surface area (TPSA) is 76.3 Å². The van der Waals surface area contributed by atoms with Crippen molar-refractivity contribution in [2.75, 3.05) is 13.2 Å². The quantitative estimate of drug-likeness (QED) is 0.420. The lowest BCUT2D eigenvalue weighted by Crippen LogP contribution is -2.09. The second-order valence-corrected chi connectivity index (χ2v) is 5.65. The highest BCUT2D eigenvalue weighted by molar-refractivity contribution is 6.42. The largest absolute Gasteiger partial charge is 0.394 e. The first kappa shape index (κ1) is 15.8. The van der Waals surface area contributed by atoms with Gasteiger partial charge in [0.05, 0.1) is 27.5 Å². The Morgan fingerprint density at radius 1 is 1.22 bits per heavy atom. The van der Waals surface area contributed by atoms with E-state index in [0.717, 1.165) is 22.2 Å². The van der Waals surface area contributed by atoms with Crippen molar-refractivity contribution in [1.82, 2.24) is 9.97 Å². The highest BCUT2D eigenvalue weighted by Crippen LogP contribution is 2.25. The van der Waals surface area contributed by atoms with Crippen LogP contribution in [0.5, 0.6) is 0 Å². The highest BCUT2D eigenvalue weighted by atomic mass is 35.5. The molecule has 2 aromatic heterocycles. The lowest BCUT2D eigenvalue weighted by Gasteiger charge is -2.06. The maximum absolute atomic E-state index is 6.12. The SMILES string of the molecule is NCCO/N=C(\c1ccc(Cl)c(Cl)c1)c1cc2ccncc2[nH]1. The van der Waals surface area contributed by atoms with Crippen molar-refractivity contribution in [1.29, 1.82) is 0 Å². The average Bonchev–Trinajstić information content (AvgIpc) is 2.98. The third-order valence-electron chi connectivity index (χ3n) is 3.24. The van der Waals surface area contributed by atoms with Crippen molar-refractivity contribution in [2.24, 2.45) is 10.9 Å². The van der Waals surface area contributed by atoms with Gasteiger partial charge < -0.3 is 15.6 Å². The van der Waals surface area contributed by atoms with E-state index in [1.165, 1.54) is 0 Å². The van der Waals surface area contributed by atoms with Gasteiger partial charge in [-0.3, -0.25) is 4.98 Å². The van der Waals surface area contributed by atoms with E-state index in [4.69, 9.17) is 33.8 Å². The minimum atomic E-state index is 0.326. The zero-order chi connectivity index (χ0) is 16.2. The number of aromatic nitrogens is 2. The Kier molecular flexibility index (Phi) is 4.81. The number of nitrogens with two attached hydrogens (primary N) is 1. The number of hydrogen-bond donors (Lipinski definition) is 2. The normalized spacial score (nSPS) is 11.9. The van der Waals surface area contributed by atoms with Gasteiger partial charge in [-0.05, 0) is 24.3 Å². The van der Waals surface area contributed by atoms with Crippen molar-refractivity contribution in [2.45, 2.75) is 0 Å². The predicted molar refractivity (Wildman–Crippen MR) is 93.2 cm³/mol. The van der Waals surface area contributed by atoms with Crippen molar-refractivity contribution in [3.05, 3.63) is 64.0 Å². The van der Waals surface area contributed by atoms with Crippen molar-refractivity contribution < 1.29 is 4.84 Å². The molecule has 23 heavy (non-hydrogen) atoms. The molecule has 3 aromatic rings. The Bertz CT molecular complexity index is 827. The van der Waals surface area contributed by atoms with E-state index in [-0.39, 0.29) is 0 Å². The molecule has 7 heteroatoms. The molecular weight excluding hydrogens is 335 g/mol. The summed E-state index contributed by atoms with van der Waals surface area (Å²) in [5.74, 6) is 0. The van der Waals surface area contributed by atoms with Crippen LogP contribution < -0.4 is 5.73 Å². The number of pyridine rings is 1. The summed E-state index contributed by atoms with van der Waals surface area (Å²) in [6.07, 6.45) is 3.49. The molecule has 0 unspecified atom stereocenters. The Labute approximate surface area is 143 Å². The monoisotopic (exact) mass is 348 g/mol. The van der Waals surface area contributed by atoms with Gasteiger partial charge in [0, 0.05) is 23.7 Å². The molecule has 0 radical (unpaired) electrons. The number of oxime groups is 1. The minimum absolute atomic E-state index is 0.326. The number of benzene rings is 1. The zero-order valence-corrected chi connectivity index (χ0v) is 13.6. The molecular formula is C16H14Cl2N4O. The number of hydrogen-bond acceptors (Lipinski definition) is 4. The molecule has 0 aliphatic heterocycles. The van der Waals surface area contributed by atoms with Gasteiger partial charge in [0.1, 0.15) is 12.3 Å². The van der Waals surface area contributed by atoms with Gasteiger partial charge >= 0.3 is 0 Å². The summed E-state index contributed by atoms with van der Waals surface area (Å²) in [6.45, 7) is 0.710. The summed E-state index contributed by atoms with van der Waals surface area (Å²) in [6, 6.07) is 9.20. The lowest BCUT2D eigenvalue weighted by molar-refractivity contribution is 0.152. The molecule has 0 amide bonds. The molecule has 3 N–H and O–H groups in total. The van der Waals surface area contributed by atoms with Crippen LogP contribution in [0.3, 0.4) is 0 Å². The van der Waals surface area contributed by atoms with Gasteiger partial charge in [0.2, 0.25) is 0 Å². The summed E-state index contributed by atoms with van der Waals surface area (Å²) in [7, 11) is 0. The molecule has 0 fully saturated rings. The molecule has 0 saturated heterocycles. The molecule has 5 nitrogen and oxygen atoms in total. The number of halogens is 2. The molecule has 0 saturated carbocycles. The standard InChI is InChI=1S/C16H14Cl2N4O/c17-12-2-1-11(7-13(12)18)16(22-23-6-4-19)14-8-10-3-5-20-9-15(10)21-14/h1-3,5,7-9,21H,4,6,19H2/b22-16+. The Morgan fingerprint density at radius 2 is 2.09 bits per heavy atom. The summed E-state index contributed by atoms with van der Waals surface area (Å²) in [4.78, 5) is 12.6. The predicted octanol–water partition coefficient (Wildman–Crippen LogP) is 3.60. The van der Waals surface area contributed by atoms with Crippen molar-refractivity contribution >= 4 is 39.8 Å². The van der Waals surface area contributed by atoms with Gasteiger partial charge in [-0.15, -0.1) is 0 Å². The number of aromatic amines is 1. The zero-order valence-electron chi connectivity index (χ0n) is 12.1. The summed E-state index contributed by atoms with van der Waals surface area (Å²) < 4.78 is 0. The third-order valence-corrected chi connectivity index (χ3v) is 3.98. The lowest BCUT2D eigenvalue weighted by atomic mass is 10.1. The van der Waals surface area contributed by atoms with E-state index in [0.29, 0.717) is 28.9 Å². The molecule has 0 spiro atoms. The molecule has 0 aliphatic rings. The van der Waals surface area contributed by atoms with Crippen LogP contribution in [0.2, 0.25) is 10.0 Å². The van der Waals surface area contributed by atoms with E-state index >= 15 is 0 Å². The van der Waals surface area contributed by atoms with E-state index < -0.39 is 0 Å². The van der Waals surface area contributed by atoms with Gasteiger partial charge in [-0.1, -0.05) is 34.4 Å². The minimum Gasteiger partial charge on any atom is -0.394 e. The van der Waals surface area contributed by atoms with Crippen LogP contribution in [-0.4, -0.2) is 28.8 Å². The summed E-state index contributed by atoms with van der Waals surface area (Å²) >= 11 is 12.1. The number of rotatable bonds is 5. The number of nitrogens with zero attached hydrogens (tertiary/aromatic N) is 2. The fraction of sp³-hybridized carbons (Fsp3) is 0.125. The van der Waals surface area contributed by atoms with Crippen LogP contribution in [0, 0.1) is 0 Å². The fourth-order valence-corrected chi connectivity index (χ4v) is 2.46. The van der Waals surface area contributed by atoms with E-state index in [9.17, 15) is 0 Å². The first-order chi connectivity index (χ1) is 11.2. The maximum atomic E-state index is 6.12. The average molecular weight is 349 g/mol. The Balaban J connectivity index is 2.07. The smallest absolute Gasteiger partial charge is 0.133 e. The first-order valence-corrected chi connectivity index (χ1v) is 7.73. The summed E-state index contributed by atoms with van der Waals surface area (Å²) in [5, 5.41) is 6.17. The molecule has 2 heterocycles. The molecule has 0 atom stereocenters. The van der Waals surface area contributed by atoms with E-state index in [1.807, 2.05) is 18.2 Å². The van der Waals surface area contributed by atoms with E-state index in [1.54, 1.807) is 24.5 Å². The Hall–Kier alpha value is -2.08. The fourth-order valence-electron chi connectivity index (χ4n) is 2.16. The second kappa shape index (κ2) is 7.00. The molecule has 0 aliphatic carbocycles. The van der Waals surface area contributed by atoms with Crippen LogP contribution in [0.1, 0.15) is 11.3 Å². The van der Waals surface area contributed by atoms with Crippen LogP contribution >= 0.6 is 23.2 Å². The van der Waals surface area contributed by atoms with Crippen molar-refractivity contribution in [3.8, 4) is 0 Å². The van der Waals surface area contributed by atoms with E-state index in [2.05, 4.69) is 15.1 Å². The van der Waals surface area contributed by atoms with Gasteiger partial charge in [0.15, 0.2) is 0 Å².